The summed E-state index contributed by atoms with van der Waals surface area (Å²) in [7, 11) is 3.03. The Morgan fingerprint density at radius 2 is 1.90 bits per heavy atom. The first-order chi connectivity index (χ1) is 27.5. The van der Waals surface area contributed by atoms with Crippen molar-refractivity contribution in [2.45, 2.75) is 91.2 Å². The van der Waals surface area contributed by atoms with Crippen LogP contribution in [-0.4, -0.2) is 101 Å². The lowest BCUT2D eigenvalue weighted by atomic mass is 9.84. The first-order valence-electron chi connectivity index (χ1n) is 19.2. The molecule has 3 aromatic heterocycles. The predicted molar refractivity (Wildman–Crippen MR) is 214 cm³/mol. The van der Waals surface area contributed by atoms with E-state index < -0.39 is 42.2 Å². The van der Waals surface area contributed by atoms with Crippen LogP contribution in [0.25, 0.3) is 32.7 Å². The third-order valence-electron chi connectivity index (χ3n) is 10.2. The van der Waals surface area contributed by atoms with Gasteiger partial charge < -0.3 is 24.3 Å². The zero-order valence-electron chi connectivity index (χ0n) is 33.9. The molecule has 0 spiro atoms. The van der Waals surface area contributed by atoms with Gasteiger partial charge in [0.1, 0.15) is 23.6 Å². The summed E-state index contributed by atoms with van der Waals surface area (Å²) >= 11 is 1.30. The Morgan fingerprint density at radius 1 is 1.14 bits per heavy atom. The maximum atomic E-state index is 14.4. The third-order valence-corrected chi connectivity index (χ3v) is 11.2. The Morgan fingerprint density at radius 3 is 2.53 bits per heavy atom. The number of carbonyl (C=O) groups is 4. The first kappa shape index (κ1) is 44.2. The van der Waals surface area contributed by atoms with E-state index in [1.54, 1.807) is 42.8 Å². The largest absolute Gasteiger partial charge is 0.467 e. The molecule has 4 heterocycles. The topological polar surface area (TPSA) is 148 Å². The minimum absolute atomic E-state index is 0.0263. The summed E-state index contributed by atoms with van der Waals surface area (Å²) in [5.41, 5.74) is 5.83. The molecular weight excluding hydrogens is 776 g/mol. The van der Waals surface area contributed by atoms with Crippen LogP contribution in [0, 0.1) is 11.3 Å². The van der Waals surface area contributed by atoms with Crippen molar-refractivity contribution in [3.63, 3.8) is 0 Å². The van der Waals surface area contributed by atoms with Crippen molar-refractivity contribution in [1.82, 2.24) is 35.2 Å². The second kappa shape index (κ2) is 18.8. The Labute approximate surface area is 340 Å². The van der Waals surface area contributed by atoms with Gasteiger partial charge in [0.05, 0.1) is 29.8 Å². The van der Waals surface area contributed by atoms with Gasteiger partial charge in [0, 0.05) is 72.7 Å². The van der Waals surface area contributed by atoms with Gasteiger partial charge in [-0.15, -0.1) is 11.3 Å². The summed E-state index contributed by atoms with van der Waals surface area (Å²) in [4.78, 5) is 61.0. The molecule has 3 unspecified atom stereocenters. The van der Waals surface area contributed by atoms with Gasteiger partial charge in [0.15, 0.2) is 0 Å². The van der Waals surface area contributed by atoms with E-state index in [0.717, 1.165) is 12.8 Å². The lowest BCUT2D eigenvalue weighted by Gasteiger charge is -2.33. The first-order valence-corrected chi connectivity index (χ1v) is 20.1. The van der Waals surface area contributed by atoms with Gasteiger partial charge in [0.2, 0.25) is 12.3 Å². The number of hydrazine groups is 1. The van der Waals surface area contributed by atoms with Crippen molar-refractivity contribution >= 4 is 46.9 Å². The monoisotopic (exact) mass is 827 g/mol. The standard InChI is InChI=1S/C41H52F3N7O6S/c1-25(2)35(49(6)23-52)37(54)48-32(39(55)51-16-9-8-15-46-51)18-28-20-58-38(47-28)27-12-13-33-30(17-27)31(19-40(4,5)22-57-24-53)36(50(33)21-41(42,43)44)29-11-10-14-45-34(29)26(3)56-7/h10-14,17,20,23-26,32,35,46H,8-9,15-16,18-19,21-22H2,1-7H3,(H,48,54). The Kier molecular flexibility index (Phi) is 14.3. The fourth-order valence-electron chi connectivity index (χ4n) is 7.52. The lowest BCUT2D eigenvalue weighted by molar-refractivity contribution is -0.142. The van der Waals surface area contributed by atoms with E-state index >= 15 is 0 Å². The molecule has 0 bridgehead atoms. The Bertz CT molecular complexity index is 2080. The van der Waals surface area contributed by atoms with Crippen LogP contribution in [-0.2, 0) is 48.0 Å². The number of thiazole rings is 1. The van der Waals surface area contributed by atoms with Crippen molar-refractivity contribution in [1.29, 1.82) is 0 Å². The average molecular weight is 828 g/mol. The Hall–Kier alpha value is -4.87. The number of benzene rings is 1. The highest BCUT2D eigenvalue weighted by Crippen LogP contribution is 2.43. The minimum atomic E-state index is -4.57. The minimum Gasteiger partial charge on any atom is -0.467 e. The lowest BCUT2D eigenvalue weighted by Crippen LogP contribution is -2.59. The number of aromatic nitrogens is 3. The molecule has 1 saturated heterocycles. The molecule has 4 aromatic rings. The number of likely N-dealkylation sites (N-methyl/N-ethyl adjacent to an activating group) is 1. The predicted octanol–water partition coefficient (Wildman–Crippen LogP) is 6.11. The molecular formula is C41H52F3N7O6S. The number of hydrogen-bond donors (Lipinski definition) is 2. The number of fused-ring (bicyclic) bond motifs is 1. The molecule has 5 rings (SSSR count). The van der Waals surface area contributed by atoms with Crippen LogP contribution >= 0.6 is 11.3 Å². The van der Waals surface area contributed by atoms with Crippen molar-refractivity contribution in [2.24, 2.45) is 11.3 Å². The number of amides is 3. The van der Waals surface area contributed by atoms with E-state index in [1.165, 1.54) is 40.0 Å². The van der Waals surface area contributed by atoms with Crippen molar-refractivity contribution in [2.75, 3.05) is 33.9 Å². The van der Waals surface area contributed by atoms with E-state index in [4.69, 9.17) is 14.5 Å². The highest BCUT2D eigenvalue weighted by Gasteiger charge is 2.36. The van der Waals surface area contributed by atoms with E-state index in [-0.39, 0.29) is 31.3 Å². The van der Waals surface area contributed by atoms with Gasteiger partial charge in [-0.05, 0) is 68.0 Å². The zero-order valence-corrected chi connectivity index (χ0v) is 34.7. The van der Waals surface area contributed by atoms with E-state index in [0.29, 0.717) is 75.7 Å². The second-order valence-electron chi connectivity index (χ2n) is 15.8. The van der Waals surface area contributed by atoms with Crippen LogP contribution in [0.2, 0.25) is 0 Å². The molecule has 1 aliphatic rings. The number of halogens is 3. The maximum absolute atomic E-state index is 14.4. The molecule has 1 aromatic carbocycles. The van der Waals surface area contributed by atoms with Gasteiger partial charge in [-0.1, -0.05) is 27.7 Å². The van der Waals surface area contributed by atoms with Crippen LogP contribution < -0.4 is 10.7 Å². The number of nitrogens with one attached hydrogen (secondary N) is 2. The van der Waals surface area contributed by atoms with Crippen LogP contribution in [0.5, 0.6) is 0 Å². The average Bonchev–Trinajstić information content (AvgIpc) is 3.77. The number of hydrogen-bond acceptors (Lipinski definition) is 10. The molecule has 58 heavy (non-hydrogen) atoms. The number of nitrogens with zero attached hydrogens (tertiary/aromatic N) is 5. The van der Waals surface area contributed by atoms with Gasteiger partial charge in [-0.2, -0.15) is 13.2 Å². The molecule has 0 saturated carbocycles. The molecule has 0 aliphatic carbocycles. The van der Waals surface area contributed by atoms with Crippen molar-refractivity contribution < 1.29 is 41.8 Å². The van der Waals surface area contributed by atoms with Crippen LogP contribution in [0.3, 0.4) is 0 Å². The normalized spacial score (nSPS) is 15.3. The van der Waals surface area contributed by atoms with Crippen LogP contribution in [0.1, 0.15) is 70.5 Å². The number of methoxy groups -OCH3 is 1. The van der Waals surface area contributed by atoms with E-state index in [9.17, 15) is 32.3 Å². The highest BCUT2D eigenvalue weighted by atomic mass is 32.1. The molecule has 314 valence electrons. The molecule has 0 radical (unpaired) electrons. The number of pyridine rings is 1. The van der Waals surface area contributed by atoms with Crippen LogP contribution in [0.4, 0.5) is 13.2 Å². The van der Waals surface area contributed by atoms with Crippen molar-refractivity contribution in [3.05, 3.63) is 58.9 Å². The summed E-state index contributed by atoms with van der Waals surface area (Å²) in [5, 5.41) is 7.31. The zero-order chi connectivity index (χ0) is 42.4. The summed E-state index contributed by atoms with van der Waals surface area (Å²) in [5.74, 6) is -1.03. The molecule has 1 fully saturated rings. The second-order valence-corrected chi connectivity index (χ2v) is 16.7. The third kappa shape index (κ3) is 10.4. The quantitative estimate of drug-likeness (QED) is 0.114. The number of ether oxygens (including phenoxy) is 2. The van der Waals surface area contributed by atoms with E-state index in [1.807, 2.05) is 33.8 Å². The SMILES string of the molecule is COC(C)c1ncccc1-c1c(CC(C)(C)COC=O)c2cc(-c3nc(CC(NC(=O)C(C(C)C)N(C)C=O)C(=O)N4CCCCN4)cs3)ccc2n1CC(F)(F)F. The molecule has 3 amide bonds. The van der Waals surface area contributed by atoms with Crippen molar-refractivity contribution in [3.8, 4) is 21.8 Å². The molecule has 1 aliphatic heterocycles. The number of alkyl halides is 3. The fraction of sp³-hybridized carbons (Fsp3) is 0.512. The van der Waals surface area contributed by atoms with Crippen LogP contribution in [0.15, 0.2) is 41.9 Å². The number of carbonyl (C=O) groups excluding carboxylic acids is 4. The molecule has 17 heteroatoms. The number of rotatable bonds is 18. The molecule has 3 atom stereocenters. The highest BCUT2D eigenvalue weighted by molar-refractivity contribution is 7.13. The van der Waals surface area contributed by atoms with Gasteiger partial charge in [0.25, 0.3) is 12.4 Å². The summed E-state index contributed by atoms with van der Waals surface area (Å²) in [6.07, 6.45) is -0.952. The van der Waals surface area contributed by atoms with Gasteiger partial charge in [-0.3, -0.25) is 29.2 Å². The smallest absolute Gasteiger partial charge is 0.406 e. The van der Waals surface area contributed by atoms with E-state index in [2.05, 4.69) is 15.7 Å². The van der Waals surface area contributed by atoms with Gasteiger partial charge >= 0.3 is 6.18 Å². The maximum Gasteiger partial charge on any atom is 0.406 e. The van der Waals surface area contributed by atoms with Gasteiger partial charge in [-0.25, -0.2) is 10.4 Å². The summed E-state index contributed by atoms with van der Waals surface area (Å²) < 4.78 is 55.4. The molecule has 13 nitrogen and oxygen atoms in total. The fourth-order valence-corrected chi connectivity index (χ4v) is 8.35. The summed E-state index contributed by atoms with van der Waals surface area (Å²) in [6.45, 7) is 9.36. The Balaban J connectivity index is 1.61. The summed E-state index contributed by atoms with van der Waals surface area (Å²) in [6, 6.07) is 6.80. The molecule has 2 N–H and O–H groups in total.